The van der Waals surface area contributed by atoms with Crippen LogP contribution in [0.1, 0.15) is 23.7 Å². The van der Waals surface area contributed by atoms with Crippen LogP contribution >= 0.6 is 0 Å². The highest BCUT2D eigenvalue weighted by Gasteiger charge is 2.09. The number of anilines is 1. The van der Waals surface area contributed by atoms with Gasteiger partial charge in [0.15, 0.2) is 11.5 Å². The maximum atomic E-state index is 12.3. The molecule has 3 aromatic rings. The first kappa shape index (κ1) is 19.1. The molecule has 0 aliphatic carbocycles. The molecule has 0 radical (unpaired) electrons. The number of rotatable bonds is 7. The van der Waals surface area contributed by atoms with Crippen LogP contribution in [-0.2, 0) is 6.42 Å². The summed E-state index contributed by atoms with van der Waals surface area (Å²) in [7, 11) is 3.13. The van der Waals surface area contributed by atoms with Crippen LogP contribution in [0.5, 0.6) is 11.5 Å². The molecule has 8 nitrogen and oxygen atoms in total. The highest BCUT2D eigenvalue weighted by atomic mass is 16.5. The van der Waals surface area contributed by atoms with Crippen LogP contribution in [0.2, 0.25) is 0 Å². The summed E-state index contributed by atoms with van der Waals surface area (Å²) in [6.07, 6.45) is 0.315. The lowest BCUT2D eigenvalue weighted by Crippen LogP contribution is -2.19. The van der Waals surface area contributed by atoms with E-state index < -0.39 is 0 Å². The molecule has 1 aromatic heterocycles. The third-order valence-electron chi connectivity index (χ3n) is 4.11. The van der Waals surface area contributed by atoms with Gasteiger partial charge in [0.1, 0.15) is 5.69 Å². The summed E-state index contributed by atoms with van der Waals surface area (Å²) in [5.41, 5.74) is 5.28. The Morgan fingerprint density at radius 1 is 1.07 bits per heavy atom. The Labute approximate surface area is 162 Å². The number of aromatic nitrogens is 3. The van der Waals surface area contributed by atoms with Crippen molar-refractivity contribution in [2.75, 3.05) is 19.6 Å². The van der Waals surface area contributed by atoms with Gasteiger partial charge >= 0.3 is 0 Å². The van der Waals surface area contributed by atoms with Crippen molar-refractivity contribution in [3.8, 4) is 11.5 Å². The van der Waals surface area contributed by atoms with Gasteiger partial charge in [-0.2, -0.15) is 5.10 Å². The van der Waals surface area contributed by atoms with Crippen molar-refractivity contribution in [1.29, 1.82) is 0 Å². The topological polar surface area (TPSA) is 101 Å². The largest absolute Gasteiger partial charge is 0.493 e. The molecule has 0 atom stereocenters. The summed E-state index contributed by atoms with van der Waals surface area (Å²) in [6.45, 7) is 1.86. The van der Waals surface area contributed by atoms with Gasteiger partial charge in [-0.25, -0.2) is 5.43 Å². The van der Waals surface area contributed by atoms with Gasteiger partial charge in [0.05, 0.1) is 19.9 Å². The molecule has 0 fully saturated rings. The van der Waals surface area contributed by atoms with E-state index in [1.165, 1.54) is 0 Å². The molecule has 0 spiro atoms. The van der Waals surface area contributed by atoms with Crippen LogP contribution in [0.15, 0.2) is 58.4 Å². The number of benzene rings is 2. The van der Waals surface area contributed by atoms with Gasteiger partial charge in [-0.15, -0.1) is 10.2 Å². The van der Waals surface area contributed by atoms with Gasteiger partial charge in [0, 0.05) is 6.42 Å². The van der Waals surface area contributed by atoms with Crippen LogP contribution in [-0.4, -0.2) is 35.1 Å². The van der Waals surface area contributed by atoms with E-state index in [0.717, 1.165) is 16.8 Å². The Bertz CT molecular complexity index is 1030. The lowest BCUT2D eigenvalue weighted by molar-refractivity contribution is 0.354. The fraction of sp³-hybridized carbons (Fsp3) is 0.200. The van der Waals surface area contributed by atoms with Crippen LogP contribution in [0, 0.1) is 0 Å². The van der Waals surface area contributed by atoms with E-state index in [2.05, 4.69) is 25.7 Å². The zero-order chi connectivity index (χ0) is 19.9. The normalized spacial score (nSPS) is 11.2. The molecular formula is C20H21N5O3. The monoisotopic (exact) mass is 379 g/mol. The number of aromatic amines is 1. The fourth-order valence-electron chi connectivity index (χ4n) is 2.59. The number of nitrogens with zero attached hydrogens (tertiary/aromatic N) is 3. The van der Waals surface area contributed by atoms with Crippen molar-refractivity contribution in [3.63, 3.8) is 0 Å². The molecule has 0 unspecified atom stereocenters. The van der Waals surface area contributed by atoms with Crippen molar-refractivity contribution in [1.82, 2.24) is 15.2 Å². The van der Waals surface area contributed by atoms with E-state index in [4.69, 9.17) is 9.47 Å². The SMILES string of the molecule is COc1ccc(Cc2nnc(N/N=C(/C)c3ccccc3)[nH]c2=O)cc1OC. The Morgan fingerprint density at radius 2 is 1.82 bits per heavy atom. The summed E-state index contributed by atoms with van der Waals surface area (Å²) in [5.74, 6) is 1.39. The second-order valence-corrected chi connectivity index (χ2v) is 5.99. The Kier molecular flexibility index (Phi) is 6.01. The molecular weight excluding hydrogens is 358 g/mol. The minimum Gasteiger partial charge on any atom is -0.493 e. The number of hydrazone groups is 1. The van der Waals surface area contributed by atoms with Crippen LogP contribution < -0.4 is 20.5 Å². The van der Waals surface area contributed by atoms with Crippen molar-refractivity contribution >= 4 is 11.7 Å². The Morgan fingerprint density at radius 3 is 2.50 bits per heavy atom. The van der Waals surface area contributed by atoms with Gasteiger partial charge in [0.25, 0.3) is 5.56 Å². The highest BCUT2D eigenvalue weighted by molar-refractivity contribution is 5.98. The quantitative estimate of drug-likeness (QED) is 0.483. The van der Waals surface area contributed by atoms with Crippen molar-refractivity contribution in [3.05, 3.63) is 75.7 Å². The second-order valence-electron chi connectivity index (χ2n) is 5.99. The molecule has 0 amide bonds. The lowest BCUT2D eigenvalue weighted by Gasteiger charge is -2.09. The number of H-pyrrole nitrogens is 1. The molecule has 144 valence electrons. The molecule has 2 aromatic carbocycles. The summed E-state index contributed by atoms with van der Waals surface area (Å²) >= 11 is 0. The van der Waals surface area contributed by atoms with E-state index in [9.17, 15) is 4.79 Å². The molecule has 0 aliphatic heterocycles. The maximum absolute atomic E-state index is 12.3. The smallest absolute Gasteiger partial charge is 0.274 e. The molecule has 0 aliphatic rings. The Balaban J connectivity index is 1.73. The van der Waals surface area contributed by atoms with E-state index in [-0.39, 0.29) is 11.5 Å². The van der Waals surface area contributed by atoms with Crippen molar-refractivity contribution < 1.29 is 9.47 Å². The first-order valence-electron chi connectivity index (χ1n) is 8.63. The standard InChI is InChI=1S/C20H21N5O3/c1-13(15-7-5-4-6-8-15)22-24-20-21-19(26)16(23-25-20)11-14-9-10-17(27-2)18(12-14)28-3/h4-10,12H,11H2,1-3H3,(H2,21,24,25,26)/b22-13-. The van der Waals surface area contributed by atoms with Crippen LogP contribution in [0.3, 0.4) is 0 Å². The van der Waals surface area contributed by atoms with Crippen LogP contribution in [0.4, 0.5) is 5.95 Å². The minimum absolute atomic E-state index is 0.177. The summed E-state index contributed by atoms with van der Waals surface area (Å²) in [4.78, 5) is 15.0. The van der Waals surface area contributed by atoms with Crippen LogP contribution in [0.25, 0.3) is 0 Å². The molecule has 0 saturated heterocycles. The van der Waals surface area contributed by atoms with Gasteiger partial charge in [-0.1, -0.05) is 36.4 Å². The molecule has 0 saturated carbocycles. The van der Waals surface area contributed by atoms with E-state index >= 15 is 0 Å². The fourth-order valence-corrected chi connectivity index (χ4v) is 2.59. The predicted molar refractivity (Wildman–Crippen MR) is 107 cm³/mol. The number of hydrogen-bond acceptors (Lipinski definition) is 7. The molecule has 28 heavy (non-hydrogen) atoms. The number of methoxy groups -OCH3 is 2. The molecule has 8 heteroatoms. The Hall–Kier alpha value is -3.68. The predicted octanol–water partition coefficient (Wildman–Crippen LogP) is 2.61. The van der Waals surface area contributed by atoms with Gasteiger partial charge in [-0.05, 0) is 30.2 Å². The highest BCUT2D eigenvalue weighted by Crippen LogP contribution is 2.28. The molecule has 1 heterocycles. The third-order valence-corrected chi connectivity index (χ3v) is 4.11. The molecule has 0 bridgehead atoms. The number of nitrogens with one attached hydrogen (secondary N) is 2. The average Bonchev–Trinajstić information content (AvgIpc) is 2.74. The van der Waals surface area contributed by atoms with Crippen molar-refractivity contribution in [2.24, 2.45) is 5.10 Å². The first-order chi connectivity index (χ1) is 13.6. The third kappa shape index (κ3) is 4.53. The van der Waals surface area contributed by atoms with Gasteiger partial charge < -0.3 is 9.47 Å². The number of hydrogen-bond donors (Lipinski definition) is 2. The molecule has 2 N–H and O–H groups in total. The summed E-state index contributed by atoms with van der Waals surface area (Å²) in [5, 5.41) is 12.2. The van der Waals surface area contributed by atoms with E-state index in [1.54, 1.807) is 26.4 Å². The first-order valence-corrected chi connectivity index (χ1v) is 8.63. The zero-order valence-electron chi connectivity index (χ0n) is 15.9. The maximum Gasteiger partial charge on any atom is 0.274 e. The van der Waals surface area contributed by atoms with Gasteiger partial charge in [-0.3, -0.25) is 9.78 Å². The van der Waals surface area contributed by atoms with E-state index in [0.29, 0.717) is 23.6 Å². The lowest BCUT2D eigenvalue weighted by atomic mass is 10.1. The minimum atomic E-state index is -0.333. The van der Waals surface area contributed by atoms with E-state index in [1.807, 2.05) is 43.3 Å². The summed E-state index contributed by atoms with van der Waals surface area (Å²) < 4.78 is 10.5. The number of ether oxygens (including phenoxy) is 2. The average molecular weight is 379 g/mol. The summed E-state index contributed by atoms with van der Waals surface area (Å²) in [6, 6.07) is 15.1. The second kappa shape index (κ2) is 8.81. The molecule has 3 rings (SSSR count). The van der Waals surface area contributed by atoms with Gasteiger partial charge in [0.2, 0.25) is 5.95 Å². The van der Waals surface area contributed by atoms with Crippen molar-refractivity contribution in [2.45, 2.75) is 13.3 Å². The zero-order valence-corrected chi connectivity index (χ0v) is 15.9.